The Bertz CT molecular complexity index is 1330. The van der Waals surface area contributed by atoms with E-state index in [1.54, 1.807) is 48.5 Å². The Kier molecular flexibility index (Phi) is 8.40. The molecule has 1 saturated carbocycles. The van der Waals surface area contributed by atoms with E-state index in [1.165, 1.54) is 6.07 Å². The van der Waals surface area contributed by atoms with Crippen molar-refractivity contribution in [3.63, 3.8) is 0 Å². The molecule has 0 spiro atoms. The highest BCUT2D eigenvalue weighted by Gasteiger charge is 2.30. The number of aliphatic hydroxyl groups is 1. The number of oxime groups is 1. The molecule has 5 rings (SSSR count). The molecule has 0 unspecified atom stereocenters. The molecule has 1 amide bonds. The second-order valence-corrected chi connectivity index (χ2v) is 10.3. The summed E-state index contributed by atoms with van der Waals surface area (Å²) in [5, 5.41) is 27.6. The minimum Gasteiger partial charge on any atom is -0.489 e. The monoisotopic (exact) mass is 552 g/mol. The maximum atomic E-state index is 13.3. The lowest BCUT2D eigenvalue weighted by molar-refractivity contribution is -0.116. The largest absolute Gasteiger partial charge is 0.489 e. The van der Waals surface area contributed by atoms with Crippen molar-refractivity contribution in [3.8, 4) is 17.0 Å². The van der Waals surface area contributed by atoms with Crippen LogP contribution in [-0.2, 0) is 4.79 Å². The number of benzene rings is 2. The zero-order valence-electron chi connectivity index (χ0n) is 21.3. The van der Waals surface area contributed by atoms with E-state index in [0.717, 1.165) is 45.0 Å². The first-order chi connectivity index (χ1) is 18.9. The van der Waals surface area contributed by atoms with Gasteiger partial charge in [0.2, 0.25) is 0 Å². The van der Waals surface area contributed by atoms with Gasteiger partial charge < -0.3 is 25.3 Å². The summed E-state index contributed by atoms with van der Waals surface area (Å²) in [6, 6.07) is 14.0. The predicted octanol–water partition coefficient (Wildman–Crippen LogP) is 4.57. The molecule has 1 saturated heterocycles. The first kappa shape index (κ1) is 27.1. The molecule has 204 valence electrons. The van der Waals surface area contributed by atoms with Crippen molar-refractivity contribution in [1.82, 2.24) is 15.2 Å². The third-order valence-corrected chi connectivity index (χ3v) is 7.26. The summed E-state index contributed by atoms with van der Waals surface area (Å²) in [5.74, 6) is -0.491. The van der Waals surface area contributed by atoms with Crippen molar-refractivity contribution in [1.29, 1.82) is 0 Å². The van der Waals surface area contributed by atoms with Crippen molar-refractivity contribution in [2.45, 2.75) is 43.9 Å². The highest BCUT2D eigenvalue weighted by Crippen LogP contribution is 2.34. The van der Waals surface area contributed by atoms with Crippen LogP contribution in [0.5, 0.6) is 5.75 Å². The van der Waals surface area contributed by atoms with Gasteiger partial charge >= 0.3 is 0 Å². The number of likely N-dealkylation sites (tertiary alicyclic amines) is 1. The van der Waals surface area contributed by atoms with E-state index in [4.69, 9.17) is 16.3 Å². The fraction of sp³-hybridized carbons (Fsp3) is 0.345. The quantitative estimate of drug-likeness (QED) is 0.193. The molecule has 1 aliphatic heterocycles. The number of hydrogen-bond acceptors (Lipinski definition) is 7. The lowest BCUT2D eigenvalue weighted by Crippen LogP contribution is -2.48. The van der Waals surface area contributed by atoms with Crippen LogP contribution >= 0.6 is 11.6 Å². The van der Waals surface area contributed by atoms with E-state index in [9.17, 15) is 19.5 Å². The Morgan fingerprint density at radius 2 is 1.90 bits per heavy atom. The molecule has 2 atom stereocenters. The minimum absolute atomic E-state index is 0.192. The number of carbonyl (C=O) groups excluding carboxylic acids is 1. The fourth-order valence-electron chi connectivity index (χ4n) is 4.68. The number of rotatable bonds is 10. The molecule has 10 heteroatoms. The average molecular weight is 553 g/mol. The Balaban J connectivity index is 1.32. The van der Waals surface area contributed by atoms with Crippen LogP contribution in [0.3, 0.4) is 0 Å². The number of aliphatic hydroxyl groups excluding tert-OH is 1. The first-order valence-electron chi connectivity index (χ1n) is 13.0. The Morgan fingerprint density at radius 1 is 1.15 bits per heavy atom. The number of pyridine rings is 1. The SMILES string of the molecule is O=C(N[C@H](CN1CCCC1)[C@H](O)c1ccc(OC2CC2)c(Cl)c1)/C(=N/O)c1ccc(-c2ccc(F)cn2)cc1. The van der Waals surface area contributed by atoms with Crippen molar-refractivity contribution in [3.05, 3.63) is 82.8 Å². The van der Waals surface area contributed by atoms with Gasteiger partial charge in [-0.05, 0) is 68.6 Å². The van der Waals surface area contributed by atoms with E-state index >= 15 is 0 Å². The van der Waals surface area contributed by atoms with Crippen LogP contribution in [0.15, 0.2) is 65.9 Å². The molecule has 3 aromatic rings. The third kappa shape index (κ3) is 6.73. The first-order valence-corrected chi connectivity index (χ1v) is 13.4. The van der Waals surface area contributed by atoms with Crippen LogP contribution in [0.2, 0.25) is 5.02 Å². The third-order valence-electron chi connectivity index (χ3n) is 6.96. The van der Waals surface area contributed by atoms with Gasteiger partial charge in [0, 0.05) is 17.7 Å². The molecule has 3 N–H and O–H groups in total. The molecule has 2 fully saturated rings. The van der Waals surface area contributed by atoms with Gasteiger partial charge in [0.15, 0.2) is 5.71 Å². The van der Waals surface area contributed by atoms with Crippen molar-refractivity contribution < 1.29 is 24.2 Å². The van der Waals surface area contributed by atoms with Crippen molar-refractivity contribution in [2.24, 2.45) is 5.16 Å². The highest BCUT2D eigenvalue weighted by atomic mass is 35.5. The second kappa shape index (κ2) is 12.1. The normalized spacial score (nSPS) is 17.6. The number of amides is 1. The Morgan fingerprint density at radius 3 is 2.51 bits per heavy atom. The maximum absolute atomic E-state index is 13.3. The number of nitrogens with one attached hydrogen (secondary N) is 1. The molecule has 1 aliphatic carbocycles. The van der Waals surface area contributed by atoms with Gasteiger partial charge in [-0.25, -0.2) is 4.39 Å². The zero-order valence-corrected chi connectivity index (χ0v) is 22.0. The fourth-order valence-corrected chi connectivity index (χ4v) is 4.91. The smallest absolute Gasteiger partial charge is 0.274 e. The molecule has 2 aliphatic rings. The molecule has 2 aromatic carbocycles. The molecule has 2 heterocycles. The predicted molar refractivity (Wildman–Crippen MR) is 146 cm³/mol. The summed E-state index contributed by atoms with van der Waals surface area (Å²) in [7, 11) is 0. The van der Waals surface area contributed by atoms with Gasteiger partial charge in [0.05, 0.1) is 29.1 Å². The van der Waals surface area contributed by atoms with E-state index in [2.05, 4.69) is 20.4 Å². The molecular formula is C29H30ClFN4O4. The summed E-state index contributed by atoms with van der Waals surface area (Å²) in [6.45, 7) is 2.15. The standard InChI is InChI=1S/C29H30ClFN4O4/c30-23-15-20(7-12-26(23)39-22-9-10-22)28(36)25(17-35-13-1-2-14-35)33-29(37)27(34-38)19-5-3-18(4-6-19)24-11-8-21(31)16-32-24/h3-8,11-12,15-16,22,25,28,36,38H,1-2,9-10,13-14,17H2,(H,33,37)/b34-27+/t25-,28-/m1/s1. The van der Waals surface area contributed by atoms with Crippen LogP contribution in [0.1, 0.15) is 42.9 Å². The van der Waals surface area contributed by atoms with Crippen molar-refractivity contribution in [2.75, 3.05) is 19.6 Å². The lowest BCUT2D eigenvalue weighted by atomic mass is 10.00. The average Bonchev–Trinajstić information content (AvgIpc) is 3.62. The van der Waals surface area contributed by atoms with Crippen LogP contribution in [0, 0.1) is 5.82 Å². The van der Waals surface area contributed by atoms with Gasteiger partial charge in [-0.3, -0.25) is 9.78 Å². The lowest BCUT2D eigenvalue weighted by Gasteiger charge is -2.29. The van der Waals surface area contributed by atoms with Crippen LogP contribution < -0.4 is 10.1 Å². The van der Waals surface area contributed by atoms with Crippen LogP contribution in [0.4, 0.5) is 4.39 Å². The molecular weight excluding hydrogens is 523 g/mol. The number of hydrogen-bond donors (Lipinski definition) is 3. The summed E-state index contributed by atoms with van der Waals surface area (Å²) in [4.78, 5) is 19.5. The summed E-state index contributed by atoms with van der Waals surface area (Å²) in [6.07, 6.45) is 4.37. The van der Waals surface area contributed by atoms with Gasteiger partial charge in [-0.2, -0.15) is 0 Å². The van der Waals surface area contributed by atoms with Gasteiger partial charge in [-0.1, -0.05) is 47.1 Å². The van der Waals surface area contributed by atoms with E-state index in [-0.39, 0.29) is 11.8 Å². The second-order valence-electron chi connectivity index (χ2n) is 9.93. The highest BCUT2D eigenvalue weighted by molar-refractivity contribution is 6.45. The molecule has 1 aromatic heterocycles. The van der Waals surface area contributed by atoms with Gasteiger partial charge in [-0.15, -0.1) is 0 Å². The number of halogens is 2. The van der Waals surface area contributed by atoms with E-state index in [0.29, 0.717) is 39.7 Å². The Hall–Kier alpha value is -3.53. The summed E-state index contributed by atoms with van der Waals surface area (Å²) < 4.78 is 19.0. The number of nitrogens with zero attached hydrogens (tertiary/aromatic N) is 3. The van der Waals surface area contributed by atoms with Gasteiger partial charge in [0.25, 0.3) is 5.91 Å². The molecule has 0 bridgehead atoms. The minimum atomic E-state index is -1.06. The zero-order chi connectivity index (χ0) is 27.4. The summed E-state index contributed by atoms with van der Waals surface area (Å²) in [5.41, 5.74) is 2.00. The van der Waals surface area contributed by atoms with E-state index in [1.807, 2.05) is 0 Å². The van der Waals surface area contributed by atoms with E-state index < -0.39 is 23.9 Å². The number of ether oxygens (including phenoxy) is 1. The Labute approximate surface area is 231 Å². The van der Waals surface area contributed by atoms with Crippen LogP contribution in [0.25, 0.3) is 11.3 Å². The molecule has 8 nitrogen and oxygen atoms in total. The molecule has 0 radical (unpaired) electrons. The summed E-state index contributed by atoms with van der Waals surface area (Å²) >= 11 is 6.43. The maximum Gasteiger partial charge on any atom is 0.274 e. The number of aromatic nitrogens is 1. The number of carbonyl (C=O) groups is 1. The van der Waals surface area contributed by atoms with Gasteiger partial charge in [0.1, 0.15) is 17.7 Å². The van der Waals surface area contributed by atoms with Crippen molar-refractivity contribution >= 4 is 23.2 Å². The van der Waals surface area contributed by atoms with Crippen LogP contribution in [-0.4, -0.2) is 63.6 Å². The molecule has 39 heavy (non-hydrogen) atoms. The topological polar surface area (TPSA) is 107 Å².